The summed E-state index contributed by atoms with van der Waals surface area (Å²) in [6, 6.07) is 6.39. The lowest BCUT2D eigenvalue weighted by molar-refractivity contribution is 0.354. The lowest BCUT2D eigenvalue weighted by Gasteiger charge is -2.15. The van der Waals surface area contributed by atoms with Crippen LogP contribution in [0.3, 0.4) is 0 Å². The lowest BCUT2D eigenvalue weighted by atomic mass is 10.1. The van der Waals surface area contributed by atoms with Crippen molar-refractivity contribution in [2.45, 2.75) is 25.8 Å². The third-order valence-corrected chi connectivity index (χ3v) is 3.31. The van der Waals surface area contributed by atoms with Crippen LogP contribution in [0.15, 0.2) is 24.5 Å². The maximum Gasteiger partial charge on any atom is 0.160 e. The fraction of sp³-hybridized carbons (Fsp3) is 0.467. The number of hydrogen-bond acceptors (Lipinski definition) is 5. The minimum absolute atomic E-state index is 0.367. The Hall–Kier alpha value is -2.08. The van der Waals surface area contributed by atoms with Crippen LogP contribution in [-0.4, -0.2) is 42.0 Å². The average molecular weight is 290 g/mol. The Kier molecular flexibility index (Phi) is 5.57. The smallest absolute Gasteiger partial charge is 0.160 e. The van der Waals surface area contributed by atoms with Gasteiger partial charge in [0.1, 0.15) is 12.2 Å². The van der Waals surface area contributed by atoms with Crippen molar-refractivity contribution in [2.24, 2.45) is 0 Å². The lowest BCUT2D eigenvalue weighted by Crippen LogP contribution is -2.30. The molecule has 1 atom stereocenters. The van der Waals surface area contributed by atoms with Gasteiger partial charge in [0.05, 0.1) is 14.2 Å². The summed E-state index contributed by atoms with van der Waals surface area (Å²) < 4.78 is 10.6. The zero-order chi connectivity index (χ0) is 15.1. The Balaban J connectivity index is 1.83. The van der Waals surface area contributed by atoms with Gasteiger partial charge in [-0.2, -0.15) is 5.10 Å². The summed E-state index contributed by atoms with van der Waals surface area (Å²) in [5, 5.41) is 10.2. The summed E-state index contributed by atoms with van der Waals surface area (Å²) in [5.74, 6) is 2.43. The van der Waals surface area contributed by atoms with Gasteiger partial charge in [-0.25, -0.2) is 4.98 Å². The Labute approximate surface area is 124 Å². The summed E-state index contributed by atoms with van der Waals surface area (Å²) in [7, 11) is 3.30. The van der Waals surface area contributed by atoms with Crippen LogP contribution in [0.4, 0.5) is 0 Å². The van der Waals surface area contributed by atoms with Crippen LogP contribution in [0.25, 0.3) is 0 Å². The number of ether oxygens (including phenoxy) is 2. The fourth-order valence-corrected chi connectivity index (χ4v) is 2.22. The molecule has 1 aromatic heterocycles. The minimum Gasteiger partial charge on any atom is -0.493 e. The van der Waals surface area contributed by atoms with Crippen molar-refractivity contribution in [2.75, 3.05) is 20.8 Å². The number of nitrogens with zero attached hydrogens (tertiary/aromatic N) is 2. The molecule has 0 fully saturated rings. The molecule has 1 aromatic carbocycles. The molecular weight excluding hydrogens is 268 g/mol. The molecule has 0 aliphatic carbocycles. The van der Waals surface area contributed by atoms with Crippen molar-refractivity contribution in [3.8, 4) is 11.5 Å². The SMILES string of the molecule is COc1ccc(CC(C)NCCc2ncn[nH]2)cc1OC. The van der Waals surface area contributed by atoms with Gasteiger partial charge < -0.3 is 14.8 Å². The van der Waals surface area contributed by atoms with E-state index in [1.54, 1.807) is 14.2 Å². The van der Waals surface area contributed by atoms with E-state index in [0.717, 1.165) is 36.7 Å². The number of nitrogens with one attached hydrogen (secondary N) is 2. The summed E-state index contributed by atoms with van der Waals surface area (Å²) >= 11 is 0. The second kappa shape index (κ2) is 7.64. The predicted octanol–water partition coefficient (Wildman–Crippen LogP) is 1.59. The van der Waals surface area contributed by atoms with Gasteiger partial charge in [-0.3, -0.25) is 5.10 Å². The van der Waals surface area contributed by atoms with E-state index in [1.165, 1.54) is 11.9 Å². The molecule has 2 rings (SSSR count). The largest absolute Gasteiger partial charge is 0.493 e. The fourth-order valence-electron chi connectivity index (χ4n) is 2.22. The van der Waals surface area contributed by atoms with E-state index in [2.05, 4.69) is 33.5 Å². The van der Waals surface area contributed by atoms with Crippen LogP contribution in [0.2, 0.25) is 0 Å². The molecule has 0 bridgehead atoms. The second-order valence-electron chi connectivity index (χ2n) is 4.93. The van der Waals surface area contributed by atoms with Gasteiger partial charge in [0.25, 0.3) is 0 Å². The maximum atomic E-state index is 5.32. The van der Waals surface area contributed by atoms with Crippen molar-refractivity contribution in [3.63, 3.8) is 0 Å². The molecule has 6 heteroatoms. The van der Waals surface area contributed by atoms with Crippen molar-refractivity contribution in [1.82, 2.24) is 20.5 Å². The second-order valence-corrected chi connectivity index (χ2v) is 4.93. The quantitative estimate of drug-likeness (QED) is 0.772. The van der Waals surface area contributed by atoms with E-state index < -0.39 is 0 Å². The Morgan fingerprint density at radius 1 is 1.24 bits per heavy atom. The van der Waals surface area contributed by atoms with Gasteiger partial charge in [-0.05, 0) is 31.0 Å². The molecule has 2 N–H and O–H groups in total. The molecule has 0 saturated carbocycles. The highest BCUT2D eigenvalue weighted by atomic mass is 16.5. The highest BCUT2D eigenvalue weighted by molar-refractivity contribution is 5.43. The standard InChI is InChI=1S/C15H22N4O2/c1-11(16-7-6-15-17-10-18-19-15)8-12-4-5-13(20-2)14(9-12)21-3/h4-5,9-11,16H,6-8H2,1-3H3,(H,17,18,19). The van der Waals surface area contributed by atoms with E-state index in [4.69, 9.17) is 9.47 Å². The molecule has 0 aliphatic heterocycles. The predicted molar refractivity (Wildman–Crippen MR) is 80.8 cm³/mol. The third kappa shape index (κ3) is 4.46. The molecule has 2 aromatic rings. The molecule has 0 spiro atoms. The van der Waals surface area contributed by atoms with E-state index in [9.17, 15) is 0 Å². The first-order chi connectivity index (χ1) is 10.2. The molecule has 1 unspecified atom stereocenters. The Bertz CT molecular complexity index is 543. The highest BCUT2D eigenvalue weighted by Crippen LogP contribution is 2.27. The summed E-state index contributed by atoms with van der Waals surface area (Å²) in [6.45, 7) is 3.03. The third-order valence-electron chi connectivity index (χ3n) is 3.31. The number of hydrogen-bond donors (Lipinski definition) is 2. The van der Waals surface area contributed by atoms with E-state index in [-0.39, 0.29) is 0 Å². The van der Waals surface area contributed by atoms with E-state index in [0.29, 0.717) is 6.04 Å². The number of benzene rings is 1. The molecule has 21 heavy (non-hydrogen) atoms. The van der Waals surface area contributed by atoms with Crippen LogP contribution in [0, 0.1) is 0 Å². The zero-order valence-electron chi connectivity index (χ0n) is 12.7. The molecular formula is C15H22N4O2. The molecule has 0 aliphatic rings. The van der Waals surface area contributed by atoms with E-state index >= 15 is 0 Å². The Morgan fingerprint density at radius 3 is 2.71 bits per heavy atom. The topological polar surface area (TPSA) is 72.1 Å². The first-order valence-corrected chi connectivity index (χ1v) is 7.01. The number of aromatic nitrogens is 3. The highest BCUT2D eigenvalue weighted by Gasteiger charge is 2.08. The molecule has 0 amide bonds. The normalized spacial score (nSPS) is 12.1. The number of rotatable bonds is 8. The van der Waals surface area contributed by atoms with Gasteiger partial charge in [0.15, 0.2) is 11.5 Å². The average Bonchev–Trinajstić information content (AvgIpc) is 3.00. The van der Waals surface area contributed by atoms with Crippen molar-refractivity contribution in [1.29, 1.82) is 0 Å². The van der Waals surface area contributed by atoms with Crippen LogP contribution in [0.1, 0.15) is 18.3 Å². The maximum absolute atomic E-state index is 5.32. The number of aromatic amines is 1. The van der Waals surface area contributed by atoms with Gasteiger partial charge in [0.2, 0.25) is 0 Å². The van der Waals surface area contributed by atoms with Gasteiger partial charge in [-0.1, -0.05) is 6.07 Å². The molecule has 1 heterocycles. The van der Waals surface area contributed by atoms with Crippen LogP contribution >= 0.6 is 0 Å². The van der Waals surface area contributed by atoms with Crippen LogP contribution in [0.5, 0.6) is 11.5 Å². The number of methoxy groups -OCH3 is 2. The van der Waals surface area contributed by atoms with Gasteiger partial charge >= 0.3 is 0 Å². The first kappa shape index (κ1) is 15.3. The molecule has 114 valence electrons. The molecule has 0 radical (unpaired) electrons. The monoisotopic (exact) mass is 290 g/mol. The summed E-state index contributed by atoms with van der Waals surface area (Å²) in [5.41, 5.74) is 1.22. The summed E-state index contributed by atoms with van der Waals surface area (Å²) in [6.07, 6.45) is 3.30. The molecule has 6 nitrogen and oxygen atoms in total. The molecule has 0 saturated heterocycles. The van der Waals surface area contributed by atoms with Gasteiger partial charge in [0, 0.05) is 19.0 Å². The van der Waals surface area contributed by atoms with Crippen LogP contribution < -0.4 is 14.8 Å². The van der Waals surface area contributed by atoms with Crippen molar-refractivity contribution in [3.05, 3.63) is 35.9 Å². The van der Waals surface area contributed by atoms with Gasteiger partial charge in [-0.15, -0.1) is 0 Å². The number of H-pyrrole nitrogens is 1. The summed E-state index contributed by atoms with van der Waals surface area (Å²) in [4.78, 5) is 4.10. The van der Waals surface area contributed by atoms with Crippen molar-refractivity contribution < 1.29 is 9.47 Å². The first-order valence-electron chi connectivity index (χ1n) is 7.01. The van der Waals surface area contributed by atoms with Crippen molar-refractivity contribution >= 4 is 0 Å². The zero-order valence-corrected chi connectivity index (χ0v) is 12.7. The Morgan fingerprint density at radius 2 is 2.05 bits per heavy atom. The van der Waals surface area contributed by atoms with E-state index in [1.807, 2.05) is 12.1 Å². The minimum atomic E-state index is 0.367. The van der Waals surface area contributed by atoms with Crippen LogP contribution in [-0.2, 0) is 12.8 Å².